The van der Waals surface area contributed by atoms with Crippen LogP contribution in [0.25, 0.3) is 0 Å². The molecule has 0 aliphatic rings. The van der Waals surface area contributed by atoms with Gasteiger partial charge >= 0.3 is 5.97 Å². The molecule has 0 aromatic rings. The molecule has 0 spiro atoms. The number of hydrogen-bond acceptors (Lipinski definition) is 3. The molecule has 3 nitrogen and oxygen atoms in total. The molecule has 0 fully saturated rings. The van der Waals surface area contributed by atoms with E-state index in [2.05, 4.69) is 22.6 Å². The first-order valence-corrected chi connectivity index (χ1v) is 2.84. The quantitative estimate of drug-likeness (QED) is 0.329. The number of carbonyl (C=O) groups is 1. The minimum atomic E-state index is -0.350. The van der Waals surface area contributed by atoms with Gasteiger partial charge in [-0.05, 0) is 0 Å². The number of hydrogen-bond donors (Lipinski definition) is 0. The Hall–Kier alpha value is -1.25. The van der Waals surface area contributed by atoms with Gasteiger partial charge in [-0.25, -0.2) is 0 Å². The first kappa shape index (κ1) is 8.75. The average molecular weight is 142 g/mol. The van der Waals surface area contributed by atoms with Crippen molar-refractivity contribution in [2.45, 2.75) is 6.42 Å². The Balaban J connectivity index is 3.20. The largest absolute Gasteiger partial charge is 0.501 e. The highest BCUT2D eigenvalue weighted by Crippen LogP contribution is 1.87. The maximum atomic E-state index is 10.5. The zero-order valence-electron chi connectivity index (χ0n) is 5.71. The van der Waals surface area contributed by atoms with E-state index >= 15 is 0 Å². The molecule has 0 aliphatic carbocycles. The highest BCUT2D eigenvalue weighted by atomic mass is 16.5. The third-order valence-electron chi connectivity index (χ3n) is 0.757. The fourth-order valence-electron chi connectivity index (χ4n) is 0.377. The van der Waals surface area contributed by atoms with Crippen LogP contribution in [0.4, 0.5) is 0 Å². The SMILES string of the molecule is C=COCCC(=O)OC=C. The van der Waals surface area contributed by atoms with Crippen LogP contribution >= 0.6 is 0 Å². The van der Waals surface area contributed by atoms with Crippen molar-refractivity contribution in [2.24, 2.45) is 0 Å². The normalized spacial score (nSPS) is 8.00. The van der Waals surface area contributed by atoms with Crippen molar-refractivity contribution < 1.29 is 14.3 Å². The molecule has 56 valence electrons. The summed E-state index contributed by atoms with van der Waals surface area (Å²) in [6.45, 7) is 6.84. The zero-order chi connectivity index (χ0) is 7.82. The zero-order valence-corrected chi connectivity index (χ0v) is 5.71. The Bertz CT molecular complexity index is 129. The highest BCUT2D eigenvalue weighted by molar-refractivity contribution is 5.69. The van der Waals surface area contributed by atoms with Gasteiger partial charge in [0.25, 0.3) is 0 Å². The van der Waals surface area contributed by atoms with Crippen molar-refractivity contribution in [3.05, 3.63) is 25.7 Å². The van der Waals surface area contributed by atoms with Crippen LogP contribution in [0, 0.1) is 0 Å². The molecule has 0 saturated carbocycles. The van der Waals surface area contributed by atoms with Gasteiger partial charge in [-0.3, -0.25) is 4.79 Å². The standard InChI is InChI=1S/C7H10O3/c1-3-9-6-5-7(8)10-4-2/h3-4H,1-2,5-6H2. The molecule has 0 heterocycles. The van der Waals surface area contributed by atoms with Gasteiger partial charge in [-0.2, -0.15) is 0 Å². The van der Waals surface area contributed by atoms with E-state index in [1.807, 2.05) is 0 Å². The lowest BCUT2D eigenvalue weighted by Gasteiger charge is -1.97. The monoisotopic (exact) mass is 142 g/mol. The lowest BCUT2D eigenvalue weighted by atomic mass is 10.5. The van der Waals surface area contributed by atoms with Gasteiger partial charge in [0.2, 0.25) is 0 Å². The number of esters is 1. The van der Waals surface area contributed by atoms with Gasteiger partial charge in [0, 0.05) is 0 Å². The minimum Gasteiger partial charge on any atom is -0.501 e. The van der Waals surface area contributed by atoms with E-state index in [0.29, 0.717) is 6.61 Å². The molecule has 0 atom stereocenters. The van der Waals surface area contributed by atoms with Crippen LogP contribution in [0.2, 0.25) is 0 Å². The molecular formula is C7H10O3. The molecule has 0 aromatic carbocycles. The van der Waals surface area contributed by atoms with E-state index in [9.17, 15) is 4.79 Å². The second-order valence-electron chi connectivity index (χ2n) is 1.44. The molecule has 3 heteroatoms. The number of ether oxygens (including phenoxy) is 2. The fraction of sp³-hybridized carbons (Fsp3) is 0.286. The summed E-state index contributed by atoms with van der Waals surface area (Å²) in [6.07, 6.45) is 2.59. The summed E-state index contributed by atoms with van der Waals surface area (Å²) < 4.78 is 9.08. The van der Waals surface area contributed by atoms with E-state index in [-0.39, 0.29) is 12.4 Å². The summed E-state index contributed by atoms with van der Waals surface area (Å²) in [5.74, 6) is -0.350. The highest BCUT2D eigenvalue weighted by Gasteiger charge is 1.97. The van der Waals surface area contributed by atoms with E-state index in [4.69, 9.17) is 0 Å². The first-order chi connectivity index (χ1) is 4.81. The Morgan fingerprint density at radius 2 is 2.10 bits per heavy atom. The summed E-state index contributed by atoms with van der Waals surface area (Å²) in [4.78, 5) is 10.5. The van der Waals surface area contributed by atoms with Crippen LogP contribution in [0.3, 0.4) is 0 Å². The summed E-state index contributed by atoms with van der Waals surface area (Å²) in [5.41, 5.74) is 0. The van der Waals surface area contributed by atoms with Gasteiger partial charge in [0.1, 0.15) is 0 Å². The lowest BCUT2D eigenvalue weighted by Crippen LogP contribution is -2.02. The van der Waals surface area contributed by atoms with Gasteiger partial charge < -0.3 is 9.47 Å². The number of carbonyl (C=O) groups excluding carboxylic acids is 1. The van der Waals surface area contributed by atoms with Crippen LogP contribution in [-0.4, -0.2) is 12.6 Å². The van der Waals surface area contributed by atoms with Crippen LogP contribution < -0.4 is 0 Å². The fourth-order valence-corrected chi connectivity index (χ4v) is 0.377. The molecule has 0 aromatic heterocycles. The second kappa shape index (κ2) is 5.88. The average Bonchev–Trinajstić information content (AvgIpc) is 1.89. The summed E-state index contributed by atoms with van der Waals surface area (Å²) in [6, 6.07) is 0. The number of rotatable bonds is 5. The van der Waals surface area contributed by atoms with Gasteiger partial charge in [-0.15, -0.1) is 0 Å². The smallest absolute Gasteiger partial charge is 0.314 e. The molecular weight excluding hydrogens is 132 g/mol. The van der Waals surface area contributed by atoms with Crippen LogP contribution in [-0.2, 0) is 14.3 Å². The van der Waals surface area contributed by atoms with Crippen molar-refractivity contribution in [2.75, 3.05) is 6.61 Å². The van der Waals surface area contributed by atoms with Crippen molar-refractivity contribution in [3.8, 4) is 0 Å². The van der Waals surface area contributed by atoms with Gasteiger partial charge in [0.05, 0.1) is 25.6 Å². The Morgan fingerprint density at radius 1 is 1.40 bits per heavy atom. The Labute approximate surface area is 59.9 Å². The molecule has 0 rings (SSSR count). The van der Waals surface area contributed by atoms with Gasteiger partial charge in [-0.1, -0.05) is 13.2 Å². The molecule has 0 bridgehead atoms. The van der Waals surface area contributed by atoms with Crippen LogP contribution in [0.5, 0.6) is 0 Å². The van der Waals surface area contributed by atoms with Crippen molar-refractivity contribution in [3.63, 3.8) is 0 Å². The topological polar surface area (TPSA) is 35.5 Å². The molecule has 0 unspecified atom stereocenters. The maximum Gasteiger partial charge on any atom is 0.314 e. The summed E-state index contributed by atoms with van der Waals surface area (Å²) >= 11 is 0. The van der Waals surface area contributed by atoms with Gasteiger partial charge in [0.15, 0.2) is 0 Å². The van der Waals surface area contributed by atoms with Crippen LogP contribution in [0.15, 0.2) is 25.7 Å². The van der Waals surface area contributed by atoms with Crippen molar-refractivity contribution >= 4 is 5.97 Å². The maximum absolute atomic E-state index is 10.5. The summed E-state index contributed by atoms with van der Waals surface area (Å²) in [5, 5.41) is 0. The molecule has 0 aliphatic heterocycles. The molecule has 10 heavy (non-hydrogen) atoms. The predicted octanol–water partition coefficient (Wildman–Crippen LogP) is 1.22. The lowest BCUT2D eigenvalue weighted by molar-refractivity contribution is -0.138. The van der Waals surface area contributed by atoms with Crippen LogP contribution in [0.1, 0.15) is 6.42 Å². The Morgan fingerprint density at radius 3 is 2.60 bits per heavy atom. The predicted molar refractivity (Wildman–Crippen MR) is 37.1 cm³/mol. The minimum absolute atomic E-state index is 0.220. The third kappa shape index (κ3) is 4.90. The molecule has 0 amide bonds. The first-order valence-electron chi connectivity index (χ1n) is 2.84. The van der Waals surface area contributed by atoms with Crippen molar-refractivity contribution in [1.82, 2.24) is 0 Å². The molecule has 0 radical (unpaired) electrons. The summed E-state index contributed by atoms with van der Waals surface area (Å²) in [7, 11) is 0. The van der Waals surface area contributed by atoms with Crippen molar-refractivity contribution in [1.29, 1.82) is 0 Å². The van der Waals surface area contributed by atoms with E-state index < -0.39 is 0 Å². The third-order valence-corrected chi connectivity index (χ3v) is 0.757. The van der Waals surface area contributed by atoms with E-state index in [1.165, 1.54) is 6.26 Å². The van der Waals surface area contributed by atoms with E-state index in [0.717, 1.165) is 6.26 Å². The molecule has 0 saturated heterocycles. The molecule has 0 N–H and O–H groups in total. The Kier molecular flexibility index (Phi) is 5.14. The second-order valence-corrected chi connectivity index (χ2v) is 1.44. The van der Waals surface area contributed by atoms with E-state index in [1.54, 1.807) is 0 Å².